The van der Waals surface area contributed by atoms with E-state index in [9.17, 15) is 9.59 Å². The zero-order chi connectivity index (χ0) is 15.7. The molecule has 0 spiro atoms. The minimum atomic E-state index is -0.840. The van der Waals surface area contributed by atoms with E-state index in [4.69, 9.17) is 5.11 Å². The highest BCUT2D eigenvalue weighted by atomic mass is 16.4. The third-order valence-electron chi connectivity index (χ3n) is 3.42. The molecule has 0 aromatic heterocycles. The molecule has 116 valence electrons. The summed E-state index contributed by atoms with van der Waals surface area (Å²) in [5.41, 5.74) is 1.08. The van der Waals surface area contributed by atoms with Gasteiger partial charge in [-0.1, -0.05) is 37.3 Å². The molecule has 1 atom stereocenters. The fraction of sp³-hybridized carbons (Fsp3) is 0.500. The smallest absolute Gasteiger partial charge is 0.317 e. The highest BCUT2D eigenvalue weighted by Crippen LogP contribution is 2.11. The molecule has 5 heteroatoms. The summed E-state index contributed by atoms with van der Waals surface area (Å²) in [6.45, 7) is 4.99. The van der Waals surface area contributed by atoms with Gasteiger partial charge >= 0.3 is 12.0 Å². The molecule has 2 N–H and O–H groups in total. The van der Waals surface area contributed by atoms with Crippen LogP contribution in [-0.4, -0.2) is 34.6 Å². The maximum absolute atomic E-state index is 12.3. The van der Waals surface area contributed by atoms with Gasteiger partial charge in [-0.25, -0.2) is 4.79 Å². The summed E-state index contributed by atoms with van der Waals surface area (Å²) in [5, 5.41) is 11.4. The van der Waals surface area contributed by atoms with Gasteiger partial charge in [0.05, 0.1) is 0 Å². The number of aliphatic carboxylic acids is 1. The van der Waals surface area contributed by atoms with E-state index in [0.29, 0.717) is 19.5 Å². The van der Waals surface area contributed by atoms with Crippen LogP contribution in [-0.2, 0) is 11.3 Å². The molecule has 1 aromatic carbocycles. The molecule has 0 bridgehead atoms. The Balaban J connectivity index is 2.56. The average molecular weight is 292 g/mol. The Morgan fingerprint density at radius 3 is 2.52 bits per heavy atom. The molecule has 1 aromatic rings. The summed E-state index contributed by atoms with van der Waals surface area (Å²) in [4.78, 5) is 24.5. The predicted molar refractivity (Wildman–Crippen MR) is 82.0 cm³/mol. The molecule has 0 aliphatic rings. The van der Waals surface area contributed by atoms with E-state index in [1.54, 1.807) is 4.90 Å². The molecule has 0 aliphatic heterocycles. The first-order valence-corrected chi connectivity index (χ1v) is 7.34. The number of carboxylic acid groups (broad SMARTS) is 1. The molecule has 0 heterocycles. The Bertz CT molecular complexity index is 448. The molecule has 2 amide bonds. The van der Waals surface area contributed by atoms with Gasteiger partial charge in [0.1, 0.15) is 0 Å². The fourth-order valence-electron chi connectivity index (χ4n) is 1.96. The average Bonchev–Trinajstić information content (AvgIpc) is 2.49. The second-order valence-electron chi connectivity index (χ2n) is 5.10. The van der Waals surface area contributed by atoms with Gasteiger partial charge in [0, 0.05) is 25.6 Å². The molecule has 0 saturated carbocycles. The van der Waals surface area contributed by atoms with Crippen LogP contribution in [0.5, 0.6) is 0 Å². The number of rotatable bonds is 8. The van der Waals surface area contributed by atoms with Crippen LogP contribution in [0.25, 0.3) is 0 Å². The van der Waals surface area contributed by atoms with Crippen molar-refractivity contribution in [3.63, 3.8) is 0 Å². The van der Waals surface area contributed by atoms with Crippen LogP contribution >= 0.6 is 0 Å². The Labute approximate surface area is 126 Å². The highest BCUT2D eigenvalue weighted by molar-refractivity contribution is 5.74. The Morgan fingerprint density at radius 2 is 1.95 bits per heavy atom. The molecular weight excluding hydrogens is 268 g/mol. The molecule has 0 radical (unpaired) electrons. The van der Waals surface area contributed by atoms with E-state index in [1.807, 2.05) is 44.2 Å². The quantitative estimate of drug-likeness (QED) is 0.724. The van der Waals surface area contributed by atoms with Crippen molar-refractivity contribution in [2.75, 3.05) is 6.54 Å². The van der Waals surface area contributed by atoms with Gasteiger partial charge in [0.25, 0.3) is 0 Å². The van der Waals surface area contributed by atoms with E-state index in [1.165, 1.54) is 0 Å². The van der Waals surface area contributed by atoms with Crippen molar-refractivity contribution >= 4 is 12.0 Å². The van der Waals surface area contributed by atoms with Gasteiger partial charge in [-0.2, -0.15) is 0 Å². The lowest BCUT2D eigenvalue weighted by molar-refractivity contribution is -0.137. The maximum atomic E-state index is 12.3. The number of hydrogen-bond acceptors (Lipinski definition) is 2. The van der Waals surface area contributed by atoms with Crippen molar-refractivity contribution < 1.29 is 14.7 Å². The number of amides is 2. The van der Waals surface area contributed by atoms with Gasteiger partial charge in [-0.15, -0.1) is 0 Å². The Hall–Kier alpha value is -2.04. The van der Waals surface area contributed by atoms with Crippen LogP contribution in [0.3, 0.4) is 0 Å². The van der Waals surface area contributed by atoms with E-state index in [2.05, 4.69) is 5.32 Å². The molecule has 0 saturated heterocycles. The molecule has 21 heavy (non-hydrogen) atoms. The van der Waals surface area contributed by atoms with Crippen molar-refractivity contribution in [3.05, 3.63) is 35.9 Å². The van der Waals surface area contributed by atoms with Crippen molar-refractivity contribution in [1.82, 2.24) is 10.2 Å². The summed E-state index contributed by atoms with van der Waals surface area (Å²) in [5.74, 6) is -0.840. The zero-order valence-electron chi connectivity index (χ0n) is 12.7. The second kappa shape index (κ2) is 9.00. The lowest BCUT2D eigenvalue weighted by atomic mass is 10.1. The minimum Gasteiger partial charge on any atom is -0.481 e. The third kappa shape index (κ3) is 6.29. The number of carbonyl (C=O) groups excluding carboxylic acids is 1. The summed E-state index contributed by atoms with van der Waals surface area (Å²) in [6.07, 6.45) is 1.39. The van der Waals surface area contributed by atoms with Gasteiger partial charge in [-0.3, -0.25) is 4.79 Å². The van der Waals surface area contributed by atoms with Gasteiger partial charge < -0.3 is 15.3 Å². The van der Waals surface area contributed by atoms with Crippen molar-refractivity contribution in [2.45, 2.75) is 45.7 Å². The topological polar surface area (TPSA) is 69.6 Å². The van der Waals surface area contributed by atoms with Crippen LogP contribution in [0.4, 0.5) is 4.79 Å². The lowest BCUT2D eigenvalue weighted by Crippen LogP contribution is -2.44. The first kappa shape index (κ1) is 17.0. The monoisotopic (exact) mass is 292 g/mol. The Kier molecular flexibility index (Phi) is 7.29. The van der Waals surface area contributed by atoms with Crippen molar-refractivity contribution in [1.29, 1.82) is 0 Å². The van der Waals surface area contributed by atoms with Gasteiger partial charge in [-0.05, 0) is 25.3 Å². The van der Waals surface area contributed by atoms with Crippen molar-refractivity contribution in [3.8, 4) is 0 Å². The minimum absolute atomic E-state index is 0.0717. The van der Waals surface area contributed by atoms with E-state index in [0.717, 1.165) is 12.0 Å². The zero-order valence-corrected chi connectivity index (χ0v) is 12.7. The lowest BCUT2D eigenvalue weighted by Gasteiger charge is -2.29. The van der Waals surface area contributed by atoms with E-state index in [-0.39, 0.29) is 18.5 Å². The van der Waals surface area contributed by atoms with Crippen LogP contribution in [0, 0.1) is 0 Å². The van der Waals surface area contributed by atoms with Crippen LogP contribution in [0.1, 0.15) is 38.7 Å². The second-order valence-corrected chi connectivity index (χ2v) is 5.10. The van der Waals surface area contributed by atoms with E-state index < -0.39 is 5.97 Å². The summed E-state index contributed by atoms with van der Waals surface area (Å²) < 4.78 is 0. The number of nitrogens with zero attached hydrogens (tertiary/aromatic N) is 1. The number of benzene rings is 1. The molecular formula is C16H24N2O3. The number of urea groups is 1. The van der Waals surface area contributed by atoms with Gasteiger partial charge in [0.15, 0.2) is 0 Å². The van der Waals surface area contributed by atoms with Crippen molar-refractivity contribution in [2.24, 2.45) is 0 Å². The molecule has 0 fully saturated rings. The number of nitrogens with one attached hydrogen (secondary N) is 1. The maximum Gasteiger partial charge on any atom is 0.317 e. The van der Waals surface area contributed by atoms with Crippen LogP contribution in [0.2, 0.25) is 0 Å². The molecule has 1 unspecified atom stereocenters. The molecule has 5 nitrogen and oxygen atoms in total. The normalized spacial score (nSPS) is 11.7. The van der Waals surface area contributed by atoms with Crippen LogP contribution in [0.15, 0.2) is 30.3 Å². The highest BCUT2D eigenvalue weighted by Gasteiger charge is 2.18. The predicted octanol–water partition coefficient (Wildman–Crippen LogP) is 2.86. The number of carboxylic acids is 1. The SMILES string of the molecule is CCC(C)N(Cc1ccccc1)C(=O)NCCCC(=O)O. The largest absolute Gasteiger partial charge is 0.481 e. The third-order valence-corrected chi connectivity index (χ3v) is 3.42. The first-order chi connectivity index (χ1) is 10.0. The standard InChI is InChI=1S/C16H24N2O3/c1-3-13(2)18(12-14-8-5-4-6-9-14)16(21)17-11-7-10-15(19)20/h4-6,8-9,13H,3,7,10-12H2,1-2H3,(H,17,21)(H,19,20). The van der Waals surface area contributed by atoms with Gasteiger partial charge in [0.2, 0.25) is 0 Å². The summed E-state index contributed by atoms with van der Waals surface area (Å²) in [7, 11) is 0. The summed E-state index contributed by atoms with van der Waals surface area (Å²) >= 11 is 0. The molecule has 1 rings (SSSR count). The van der Waals surface area contributed by atoms with Crippen LogP contribution < -0.4 is 5.32 Å². The van der Waals surface area contributed by atoms with E-state index >= 15 is 0 Å². The Morgan fingerprint density at radius 1 is 1.29 bits per heavy atom. The number of carbonyl (C=O) groups is 2. The first-order valence-electron chi connectivity index (χ1n) is 7.34. The number of hydrogen-bond donors (Lipinski definition) is 2. The fourth-order valence-corrected chi connectivity index (χ4v) is 1.96. The molecule has 0 aliphatic carbocycles. The summed E-state index contributed by atoms with van der Waals surface area (Å²) in [6, 6.07) is 9.83.